The summed E-state index contributed by atoms with van der Waals surface area (Å²) in [6.07, 6.45) is -0.483. The number of carbonyl (C=O) groups is 1. The average Bonchev–Trinajstić information content (AvgIpc) is 2.77. The maximum Gasteiger partial charge on any atom is 0.411 e. The van der Waals surface area contributed by atoms with Gasteiger partial charge in [-0.2, -0.15) is 0 Å². The SMILES string of the molecule is COC(=O)Nc1ccc(NCc2cc(Br)c(Cl)s2)cc1. The first-order chi connectivity index (χ1) is 9.58. The number of hydrogen-bond donors (Lipinski definition) is 2. The molecule has 20 heavy (non-hydrogen) atoms. The molecule has 7 heteroatoms. The molecule has 4 nitrogen and oxygen atoms in total. The maximum atomic E-state index is 11.0. The Hall–Kier alpha value is -1.24. The first-order valence-electron chi connectivity index (χ1n) is 5.71. The Morgan fingerprint density at radius 1 is 1.35 bits per heavy atom. The number of carbonyl (C=O) groups excluding carboxylic acids is 1. The highest BCUT2D eigenvalue weighted by molar-refractivity contribution is 9.10. The van der Waals surface area contributed by atoms with E-state index >= 15 is 0 Å². The fourth-order valence-corrected chi connectivity index (χ4v) is 3.24. The predicted molar refractivity (Wildman–Crippen MR) is 86.8 cm³/mol. The largest absolute Gasteiger partial charge is 0.453 e. The first-order valence-corrected chi connectivity index (χ1v) is 7.70. The van der Waals surface area contributed by atoms with Crippen molar-refractivity contribution in [2.75, 3.05) is 17.7 Å². The Morgan fingerprint density at radius 2 is 2.00 bits per heavy atom. The van der Waals surface area contributed by atoms with Crippen LogP contribution in [0.3, 0.4) is 0 Å². The number of thiophene rings is 1. The van der Waals surface area contributed by atoms with Crippen molar-refractivity contribution >= 4 is 56.3 Å². The molecule has 0 aliphatic rings. The normalized spacial score (nSPS) is 10.2. The van der Waals surface area contributed by atoms with E-state index in [9.17, 15) is 4.79 Å². The molecule has 0 atom stereocenters. The predicted octanol–water partition coefficient (Wildman–Crippen LogP) is 4.95. The zero-order valence-corrected chi connectivity index (χ0v) is 13.7. The van der Waals surface area contributed by atoms with Crippen molar-refractivity contribution in [1.29, 1.82) is 0 Å². The van der Waals surface area contributed by atoms with Crippen LogP contribution in [0, 0.1) is 0 Å². The Morgan fingerprint density at radius 3 is 2.55 bits per heavy atom. The maximum absolute atomic E-state index is 11.0. The summed E-state index contributed by atoms with van der Waals surface area (Å²) in [5.41, 5.74) is 1.64. The minimum Gasteiger partial charge on any atom is -0.453 e. The molecule has 0 saturated carbocycles. The van der Waals surface area contributed by atoms with E-state index in [0.717, 1.165) is 19.4 Å². The number of halogens is 2. The van der Waals surface area contributed by atoms with E-state index in [0.29, 0.717) is 12.2 Å². The summed E-state index contributed by atoms with van der Waals surface area (Å²) in [5, 5.41) is 5.88. The van der Waals surface area contributed by atoms with Crippen molar-refractivity contribution in [2.45, 2.75) is 6.54 Å². The molecule has 0 spiro atoms. The van der Waals surface area contributed by atoms with Gasteiger partial charge in [0, 0.05) is 27.3 Å². The van der Waals surface area contributed by atoms with Gasteiger partial charge in [-0.05, 0) is 46.3 Å². The monoisotopic (exact) mass is 374 g/mol. The van der Waals surface area contributed by atoms with Crippen molar-refractivity contribution in [2.24, 2.45) is 0 Å². The summed E-state index contributed by atoms with van der Waals surface area (Å²) in [4.78, 5) is 12.2. The summed E-state index contributed by atoms with van der Waals surface area (Å²) in [5.74, 6) is 0. The summed E-state index contributed by atoms with van der Waals surface area (Å²) in [6, 6.07) is 9.37. The number of methoxy groups -OCH3 is 1. The van der Waals surface area contributed by atoms with Gasteiger partial charge in [0.2, 0.25) is 0 Å². The lowest BCUT2D eigenvalue weighted by Crippen LogP contribution is -2.10. The fourth-order valence-electron chi connectivity index (χ4n) is 1.51. The number of amides is 1. The molecule has 0 aliphatic carbocycles. The summed E-state index contributed by atoms with van der Waals surface area (Å²) in [7, 11) is 1.33. The summed E-state index contributed by atoms with van der Waals surface area (Å²) in [6.45, 7) is 0.694. The molecule has 2 aromatic rings. The molecule has 1 amide bonds. The van der Waals surface area contributed by atoms with Crippen molar-refractivity contribution in [3.8, 4) is 0 Å². The lowest BCUT2D eigenvalue weighted by molar-refractivity contribution is 0.187. The number of anilines is 2. The Balaban J connectivity index is 1.92. The van der Waals surface area contributed by atoms with Crippen LogP contribution in [-0.2, 0) is 11.3 Å². The molecule has 1 aromatic heterocycles. The second kappa shape index (κ2) is 6.97. The van der Waals surface area contributed by atoms with E-state index in [2.05, 4.69) is 31.3 Å². The van der Waals surface area contributed by atoms with Gasteiger partial charge in [0.05, 0.1) is 7.11 Å². The second-order valence-electron chi connectivity index (χ2n) is 3.88. The van der Waals surface area contributed by atoms with Gasteiger partial charge >= 0.3 is 6.09 Å². The van der Waals surface area contributed by atoms with E-state index < -0.39 is 6.09 Å². The molecule has 0 radical (unpaired) electrons. The first kappa shape index (κ1) is 15.2. The van der Waals surface area contributed by atoms with Gasteiger partial charge < -0.3 is 10.1 Å². The van der Waals surface area contributed by atoms with Gasteiger partial charge in [-0.1, -0.05) is 11.6 Å². The van der Waals surface area contributed by atoms with Crippen molar-refractivity contribution in [1.82, 2.24) is 0 Å². The van der Waals surface area contributed by atoms with Gasteiger partial charge in [-0.3, -0.25) is 5.32 Å². The van der Waals surface area contributed by atoms with Gasteiger partial charge in [0.25, 0.3) is 0 Å². The van der Waals surface area contributed by atoms with Crippen LogP contribution in [0.1, 0.15) is 4.88 Å². The number of benzene rings is 1. The zero-order chi connectivity index (χ0) is 14.5. The van der Waals surface area contributed by atoms with Crippen LogP contribution in [0.5, 0.6) is 0 Å². The molecular weight excluding hydrogens is 364 g/mol. The minimum absolute atomic E-state index is 0.483. The molecule has 1 heterocycles. The third kappa shape index (κ3) is 4.13. The lowest BCUT2D eigenvalue weighted by Gasteiger charge is -2.07. The van der Waals surface area contributed by atoms with Crippen LogP contribution >= 0.6 is 38.9 Å². The molecule has 0 saturated heterocycles. The zero-order valence-electron chi connectivity index (χ0n) is 10.6. The third-order valence-electron chi connectivity index (χ3n) is 2.48. The molecule has 0 unspecified atom stereocenters. The minimum atomic E-state index is -0.483. The van der Waals surface area contributed by atoms with Crippen LogP contribution in [0.25, 0.3) is 0 Å². The Labute approximate surface area is 134 Å². The van der Waals surface area contributed by atoms with Crippen LogP contribution in [0.4, 0.5) is 16.2 Å². The smallest absolute Gasteiger partial charge is 0.411 e. The molecule has 0 aliphatic heterocycles. The molecule has 0 fully saturated rings. The fraction of sp³-hybridized carbons (Fsp3) is 0.154. The van der Waals surface area contributed by atoms with E-state index in [1.165, 1.54) is 18.4 Å². The van der Waals surface area contributed by atoms with E-state index in [1.54, 1.807) is 12.1 Å². The topological polar surface area (TPSA) is 50.4 Å². The quantitative estimate of drug-likeness (QED) is 0.794. The molecule has 2 N–H and O–H groups in total. The Bertz CT molecular complexity index is 581. The Kier molecular flexibility index (Phi) is 5.28. The average molecular weight is 376 g/mol. The number of rotatable bonds is 4. The van der Waals surface area contributed by atoms with Crippen molar-refractivity contribution in [3.05, 3.63) is 44.0 Å². The summed E-state index contributed by atoms with van der Waals surface area (Å²) < 4.78 is 6.19. The van der Waals surface area contributed by atoms with Crippen LogP contribution in [0.15, 0.2) is 34.8 Å². The van der Waals surface area contributed by atoms with E-state index in [1.807, 2.05) is 18.2 Å². The molecule has 1 aromatic carbocycles. The number of hydrogen-bond acceptors (Lipinski definition) is 4. The van der Waals surface area contributed by atoms with Gasteiger partial charge in [-0.25, -0.2) is 4.79 Å². The number of ether oxygens (including phenoxy) is 1. The molecular formula is C13H12BrClN2O2S. The van der Waals surface area contributed by atoms with Gasteiger partial charge in [-0.15, -0.1) is 11.3 Å². The van der Waals surface area contributed by atoms with Crippen molar-refractivity contribution < 1.29 is 9.53 Å². The van der Waals surface area contributed by atoms with Crippen LogP contribution in [0.2, 0.25) is 4.34 Å². The lowest BCUT2D eigenvalue weighted by atomic mass is 10.3. The second-order valence-corrected chi connectivity index (χ2v) is 6.47. The standard InChI is InChI=1S/C13H12BrClN2O2S/c1-19-13(18)17-9-4-2-8(3-5-9)16-7-10-6-11(14)12(15)20-10/h2-6,16H,7H2,1H3,(H,17,18). The highest BCUT2D eigenvalue weighted by Gasteiger charge is 2.04. The molecule has 2 rings (SSSR count). The summed E-state index contributed by atoms with van der Waals surface area (Å²) >= 11 is 10.9. The number of nitrogens with one attached hydrogen (secondary N) is 2. The molecule has 106 valence electrons. The van der Waals surface area contributed by atoms with Gasteiger partial charge in [0.15, 0.2) is 0 Å². The molecule has 0 bridgehead atoms. The highest BCUT2D eigenvalue weighted by atomic mass is 79.9. The van der Waals surface area contributed by atoms with Crippen LogP contribution < -0.4 is 10.6 Å². The van der Waals surface area contributed by atoms with E-state index in [4.69, 9.17) is 11.6 Å². The van der Waals surface area contributed by atoms with Crippen molar-refractivity contribution in [3.63, 3.8) is 0 Å². The van der Waals surface area contributed by atoms with Gasteiger partial charge in [0.1, 0.15) is 4.34 Å². The van der Waals surface area contributed by atoms with E-state index in [-0.39, 0.29) is 0 Å². The highest BCUT2D eigenvalue weighted by Crippen LogP contribution is 2.32. The third-order valence-corrected chi connectivity index (χ3v) is 4.95. The van der Waals surface area contributed by atoms with Crippen LogP contribution in [-0.4, -0.2) is 13.2 Å².